The van der Waals surface area contributed by atoms with Crippen LogP contribution in [0.15, 0.2) is 53.5 Å². The molecule has 5 rings (SSSR count). The number of fused-ring (bicyclic) bond motifs is 5. The minimum absolute atomic E-state index is 0.0464. The van der Waals surface area contributed by atoms with Crippen molar-refractivity contribution >= 4 is 22.6 Å². The molecule has 25 heavy (non-hydrogen) atoms. The molecule has 2 aliphatic rings. The van der Waals surface area contributed by atoms with Gasteiger partial charge in [-0.15, -0.1) is 0 Å². The van der Waals surface area contributed by atoms with Crippen molar-refractivity contribution in [3.63, 3.8) is 0 Å². The molecule has 1 amide bonds. The molecule has 0 aliphatic carbocycles. The second-order valence-electron chi connectivity index (χ2n) is 6.81. The van der Waals surface area contributed by atoms with Gasteiger partial charge in [-0.25, -0.2) is 4.98 Å². The predicted octanol–water partition coefficient (Wildman–Crippen LogP) is 3.81. The van der Waals surface area contributed by atoms with E-state index in [0.717, 1.165) is 39.1 Å². The van der Waals surface area contributed by atoms with E-state index in [1.807, 2.05) is 31.2 Å². The third-order valence-electron chi connectivity index (χ3n) is 4.95. The largest absolute Gasteiger partial charge is 0.290 e. The van der Waals surface area contributed by atoms with Crippen molar-refractivity contribution in [1.29, 1.82) is 0 Å². The number of hydrogen-bond acceptors (Lipinski definition) is 3. The second-order valence-corrected chi connectivity index (χ2v) is 6.81. The van der Waals surface area contributed by atoms with Gasteiger partial charge in [-0.05, 0) is 19.9 Å². The molecule has 0 fully saturated rings. The Morgan fingerprint density at radius 2 is 1.80 bits per heavy atom. The van der Waals surface area contributed by atoms with Gasteiger partial charge in [-0.1, -0.05) is 48.0 Å². The molecular formula is C21H17N3O. The maximum Gasteiger partial charge on any atom is 0.261 e. The number of aryl methyl sites for hydroxylation is 1. The summed E-state index contributed by atoms with van der Waals surface area (Å²) in [7, 11) is 0. The van der Waals surface area contributed by atoms with E-state index in [2.05, 4.69) is 31.2 Å². The first kappa shape index (κ1) is 14.3. The Morgan fingerprint density at radius 1 is 1.04 bits per heavy atom. The normalized spacial score (nSPS) is 18.5. The molecule has 4 heteroatoms. The Morgan fingerprint density at radius 3 is 2.60 bits per heavy atom. The lowest BCUT2D eigenvalue weighted by atomic mass is 9.97. The van der Waals surface area contributed by atoms with Crippen LogP contribution in [0.25, 0.3) is 22.2 Å². The highest BCUT2D eigenvalue weighted by Gasteiger charge is 2.41. The van der Waals surface area contributed by atoms with Crippen molar-refractivity contribution in [2.75, 3.05) is 6.54 Å². The summed E-state index contributed by atoms with van der Waals surface area (Å²) in [5.41, 5.74) is 5.54. The quantitative estimate of drug-likeness (QED) is 0.682. The lowest BCUT2D eigenvalue weighted by Gasteiger charge is -2.10. The van der Waals surface area contributed by atoms with Crippen molar-refractivity contribution < 1.29 is 4.79 Å². The lowest BCUT2D eigenvalue weighted by molar-refractivity contribution is 0.0866. The van der Waals surface area contributed by atoms with E-state index in [1.165, 1.54) is 5.56 Å². The first-order valence-corrected chi connectivity index (χ1v) is 8.53. The molecule has 0 spiro atoms. The number of amides is 1. The van der Waals surface area contributed by atoms with E-state index in [-0.39, 0.29) is 11.9 Å². The number of carbonyl (C=O) groups excluding carboxylic acids is 1. The molecule has 3 heterocycles. The summed E-state index contributed by atoms with van der Waals surface area (Å²) in [6, 6.07) is 16.3. The minimum Gasteiger partial charge on any atom is -0.290 e. The predicted molar refractivity (Wildman–Crippen MR) is 99.0 cm³/mol. The first-order chi connectivity index (χ1) is 12.1. The Hall–Kier alpha value is -3.01. The molecule has 2 aromatic carbocycles. The number of carbonyl (C=O) groups is 1. The summed E-state index contributed by atoms with van der Waals surface area (Å²) in [5, 5.41) is 0.906. The van der Waals surface area contributed by atoms with E-state index in [0.29, 0.717) is 6.54 Å². The summed E-state index contributed by atoms with van der Waals surface area (Å²) < 4.78 is 0. The fourth-order valence-electron chi connectivity index (χ4n) is 3.76. The highest BCUT2D eigenvalue weighted by atomic mass is 16.2. The van der Waals surface area contributed by atoms with E-state index < -0.39 is 0 Å². The van der Waals surface area contributed by atoms with Gasteiger partial charge in [0.05, 0.1) is 28.4 Å². The van der Waals surface area contributed by atoms with Gasteiger partial charge >= 0.3 is 0 Å². The third kappa shape index (κ3) is 1.97. The van der Waals surface area contributed by atoms with Crippen LogP contribution in [0.4, 0.5) is 0 Å². The highest BCUT2D eigenvalue weighted by Crippen LogP contribution is 2.38. The molecule has 3 aromatic rings. The smallest absolute Gasteiger partial charge is 0.261 e. The molecular weight excluding hydrogens is 310 g/mol. The molecule has 122 valence electrons. The van der Waals surface area contributed by atoms with Gasteiger partial charge in [-0.2, -0.15) is 0 Å². The Balaban J connectivity index is 1.89. The van der Waals surface area contributed by atoms with Crippen LogP contribution < -0.4 is 0 Å². The Bertz CT molecular complexity index is 1070. The van der Waals surface area contributed by atoms with Crippen LogP contribution in [0, 0.1) is 6.92 Å². The monoisotopic (exact) mass is 327 g/mol. The summed E-state index contributed by atoms with van der Waals surface area (Å²) in [6.07, 6.45) is 0. The zero-order valence-electron chi connectivity index (χ0n) is 14.2. The van der Waals surface area contributed by atoms with E-state index in [4.69, 9.17) is 9.98 Å². The molecule has 0 bridgehead atoms. The number of nitrogens with zero attached hydrogens (tertiary/aromatic N) is 3. The number of aromatic nitrogens is 1. The van der Waals surface area contributed by atoms with Crippen molar-refractivity contribution in [1.82, 2.24) is 9.88 Å². The van der Waals surface area contributed by atoms with Crippen molar-refractivity contribution in [3.8, 4) is 11.3 Å². The minimum atomic E-state index is 0.0464. The van der Waals surface area contributed by atoms with Crippen LogP contribution >= 0.6 is 0 Å². The molecule has 0 N–H and O–H groups in total. The Kier molecular flexibility index (Phi) is 2.86. The number of amidine groups is 1. The SMILES string of the molecule is Cc1ccc(-c2nc3ccccc3c3c2C2=NC(C)CN2C3=O)cc1. The number of rotatable bonds is 1. The summed E-state index contributed by atoms with van der Waals surface area (Å²) >= 11 is 0. The van der Waals surface area contributed by atoms with E-state index >= 15 is 0 Å². The zero-order chi connectivity index (χ0) is 17.1. The fraction of sp³-hybridized carbons (Fsp3) is 0.190. The van der Waals surface area contributed by atoms with Gasteiger partial charge < -0.3 is 0 Å². The van der Waals surface area contributed by atoms with Crippen LogP contribution in [0.2, 0.25) is 0 Å². The number of benzene rings is 2. The number of pyridine rings is 1. The van der Waals surface area contributed by atoms with Gasteiger partial charge in [0, 0.05) is 17.5 Å². The molecule has 1 unspecified atom stereocenters. The maximum absolute atomic E-state index is 13.1. The summed E-state index contributed by atoms with van der Waals surface area (Å²) in [4.78, 5) is 24.5. The number of aliphatic imine (C=N–C) groups is 1. The fourth-order valence-corrected chi connectivity index (χ4v) is 3.76. The summed E-state index contributed by atoms with van der Waals surface area (Å²) in [5.74, 6) is 0.825. The zero-order valence-corrected chi connectivity index (χ0v) is 14.2. The highest BCUT2D eigenvalue weighted by molar-refractivity contribution is 6.30. The van der Waals surface area contributed by atoms with Crippen LogP contribution in [-0.2, 0) is 0 Å². The second kappa shape index (κ2) is 4.99. The number of hydrogen-bond donors (Lipinski definition) is 0. The molecule has 1 atom stereocenters. The molecule has 0 saturated carbocycles. The van der Waals surface area contributed by atoms with Crippen LogP contribution in [-0.4, -0.2) is 34.2 Å². The van der Waals surface area contributed by atoms with Crippen molar-refractivity contribution in [3.05, 3.63) is 65.2 Å². The van der Waals surface area contributed by atoms with Gasteiger partial charge in [0.2, 0.25) is 0 Å². The molecule has 1 aromatic heterocycles. The standard InChI is InChI=1S/C21H17N3O/c1-12-7-9-14(10-8-12)19-18-17(15-5-3-4-6-16(15)23-19)21(25)24-11-13(2)22-20(18)24/h3-10,13H,11H2,1-2H3. The van der Waals surface area contributed by atoms with Gasteiger partial charge in [-0.3, -0.25) is 14.7 Å². The van der Waals surface area contributed by atoms with Gasteiger partial charge in [0.1, 0.15) is 5.84 Å². The lowest BCUT2D eigenvalue weighted by Crippen LogP contribution is -2.28. The first-order valence-electron chi connectivity index (χ1n) is 8.53. The van der Waals surface area contributed by atoms with E-state index in [1.54, 1.807) is 4.90 Å². The van der Waals surface area contributed by atoms with Gasteiger partial charge in [0.25, 0.3) is 5.91 Å². The van der Waals surface area contributed by atoms with Crippen LogP contribution in [0.5, 0.6) is 0 Å². The summed E-state index contributed by atoms with van der Waals surface area (Å²) in [6.45, 7) is 4.75. The van der Waals surface area contributed by atoms with Crippen molar-refractivity contribution in [2.45, 2.75) is 19.9 Å². The maximum atomic E-state index is 13.1. The average Bonchev–Trinajstić information content (AvgIpc) is 3.12. The van der Waals surface area contributed by atoms with Crippen LogP contribution in [0.3, 0.4) is 0 Å². The van der Waals surface area contributed by atoms with Crippen LogP contribution in [0.1, 0.15) is 28.4 Å². The van der Waals surface area contributed by atoms with Crippen molar-refractivity contribution in [2.24, 2.45) is 4.99 Å². The number of para-hydroxylation sites is 1. The molecule has 2 aliphatic heterocycles. The van der Waals surface area contributed by atoms with E-state index in [9.17, 15) is 4.79 Å². The molecule has 0 saturated heterocycles. The van der Waals surface area contributed by atoms with Gasteiger partial charge in [0.15, 0.2) is 0 Å². The Labute approximate surface area is 145 Å². The third-order valence-corrected chi connectivity index (χ3v) is 4.95. The molecule has 0 radical (unpaired) electrons. The average molecular weight is 327 g/mol. The topological polar surface area (TPSA) is 45.6 Å². The molecule has 4 nitrogen and oxygen atoms in total.